The number of carbonyl (C=O) groups is 1. The second-order valence-electron chi connectivity index (χ2n) is 5.54. The third kappa shape index (κ3) is 4.00. The lowest BCUT2D eigenvalue weighted by Gasteiger charge is -2.22. The van der Waals surface area contributed by atoms with Gasteiger partial charge in [0.2, 0.25) is 5.91 Å². The predicted octanol–water partition coefficient (Wildman–Crippen LogP) is 2.94. The number of fused-ring (bicyclic) bond motifs is 1. The minimum Gasteiger partial charge on any atom is -0.346 e. The normalized spacial score (nSPS) is 19.3. The van der Waals surface area contributed by atoms with Crippen molar-refractivity contribution in [3.63, 3.8) is 0 Å². The van der Waals surface area contributed by atoms with E-state index in [0.29, 0.717) is 19.5 Å². The van der Waals surface area contributed by atoms with Crippen molar-refractivity contribution < 1.29 is 18.0 Å². The Bertz CT molecular complexity index is 668. The van der Waals surface area contributed by atoms with E-state index in [1.807, 2.05) is 34.5 Å². The molecule has 1 aromatic carbocycles. The first-order valence-electron chi connectivity index (χ1n) is 7.35. The average Bonchev–Trinajstić information content (AvgIpc) is 3.10. The molecule has 8 heteroatoms. The smallest absolute Gasteiger partial charge is 0.346 e. The highest BCUT2D eigenvalue weighted by Gasteiger charge is 2.34. The number of hydrogen-bond donors (Lipinski definition) is 1. The lowest BCUT2D eigenvalue weighted by Crippen LogP contribution is -2.45. The molecule has 0 radical (unpaired) electrons. The highest BCUT2D eigenvalue weighted by atomic mass is 32.1. The number of alkyl halides is 3. The highest BCUT2D eigenvalue weighted by Crippen LogP contribution is 2.26. The number of thiazole rings is 1. The molecular formula is C15H16F3N3OS. The topological polar surface area (TPSA) is 45.2 Å². The second kappa shape index (κ2) is 6.45. The number of hydrogen-bond acceptors (Lipinski definition) is 4. The molecule has 4 nitrogen and oxygen atoms in total. The molecule has 1 aliphatic heterocycles. The van der Waals surface area contributed by atoms with E-state index in [2.05, 4.69) is 4.98 Å². The van der Waals surface area contributed by atoms with Crippen LogP contribution in [0.2, 0.25) is 0 Å². The zero-order valence-corrected chi connectivity index (χ0v) is 13.1. The van der Waals surface area contributed by atoms with Gasteiger partial charge in [-0.15, -0.1) is 11.3 Å². The lowest BCUT2D eigenvalue weighted by atomic mass is 10.2. The summed E-state index contributed by atoms with van der Waals surface area (Å²) in [5.41, 5.74) is 0.907. The number of aromatic nitrogens is 1. The summed E-state index contributed by atoms with van der Waals surface area (Å²) in [6, 6.07) is 7.24. The van der Waals surface area contributed by atoms with Gasteiger partial charge in [-0.1, -0.05) is 12.1 Å². The first-order valence-corrected chi connectivity index (χ1v) is 8.17. The molecule has 23 heavy (non-hydrogen) atoms. The molecule has 1 fully saturated rings. The van der Waals surface area contributed by atoms with Gasteiger partial charge in [0.05, 0.1) is 22.8 Å². The van der Waals surface area contributed by atoms with E-state index in [-0.39, 0.29) is 0 Å². The number of likely N-dealkylation sites (tertiary alicyclic amines) is 1. The quantitative estimate of drug-likeness (QED) is 0.928. The molecule has 1 amide bonds. The minimum absolute atomic E-state index is 0.490. The Morgan fingerprint density at radius 3 is 2.91 bits per heavy atom. The molecule has 2 aromatic rings. The van der Waals surface area contributed by atoms with E-state index >= 15 is 0 Å². The van der Waals surface area contributed by atoms with Gasteiger partial charge in [-0.05, 0) is 31.5 Å². The predicted molar refractivity (Wildman–Crippen MR) is 82.1 cm³/mol. The van der Waals surface area contributed by atoms with Crippen molar-refractivity contribution in [2.75, 3.05) is 13.1 Å². The Hall–Kier alpha value is -1.67. The van der Waals surface area contributed by atoms with Crippen molar-refractivity contribution in [3.8, 4) is 0 Å². The summed E-state index contributed by atoms with van der Waals surface area (Å²) in [5.74, 6) is -0.555. The number of rotatable bonds is 4. The fourth-order valence-corrected chi connectivity index (χ4v) is 3.77. The van der Waals surface area contributed by atoms with Gasteiger partial charge in [0.25, 0.3) is 0 Å². The fourth-order valence-electron chi connectivity index (χ4n) is 2.78. The van der Waals surface area contributed by atoms with E-state index in [1.165, 1.54) is 0 Å². The maximum absolute atomic E-state index is 12.2. The maximum atomic E-state index is 12.2. The lowest BCUT2D eigenvalue weighted by molar-refractivity contribution is -0.141. The third-order valence-corrected chi connectivity index (χ3v) is 4.83. The molecule has 1 aliphatic rings. The van der Waals surface area contributed by atoms with Crippen LogP contribution in [0.5, 0.6) is 0 Å². The first-order chi connectivity index (χ1) is 10.9. The Morgan fingerprint density at radius 1 is 1.39 bits per heavy atom. The molecule has 0 spiro atoms. The maximum Gasteiger partial charge on any atom is 0.405 e. The van der Waals surface area contributed by atoms with Crippen molar-refractivity contribution in [3.05, 3.63) is 29.3 Å². The van der Waals surface area contributed by atoms with Crippen LogP contribution >= 0.6 is 11.3 Å². The number of amides is 1. The number of halogens is 3. The minimum atomic E-state index is -4.38. The molecule has 1 aromatic heterocycles. The van der Waals surface area contributed by atoms with Crippen LogP contribution in [-0.2, 0) is 11.3 Å². The molecule has 0 aliphatic carbocycles. The van der Waals surface area contributed by atoms with Crippen LogP contribution in [0.4, 0.5) is 13.2 Å². The van der Waals surface area contributed by atoms with Gasteiger partial charge in [-0.2, -0.15) is 13.2 Å². The zero-order chi connectivity index (χ0) is 16.4. The van der Waals surface area contributed by atoms with Gasteiger partial charge in [-0.3, -0.25) is 9.69 Å². The summed E-state index contributed by atoms with van der Waals surface area (Å²) in [6.07, 6.45) is -3.00. The summed E-state index contributed by atoms with van der Waals surface area (Å²) >= 11 is 1.55. The number of para-hydroxylation sites is 1. The first kappa shape index (κ1) is 16.2. The van der Waals surface area contributed by atoms with E-state index in [9.17, 15) is 18.0 Å². The number of nitrogens with zero attached hydrogens (tertiary/aromatic N) is 2. The van der Waals surface area contributed by atoms with Gasteiger partial charge in [0, 0.05) is 0 Å². The van der Waals surface area contributed by atoms with Crippen LogP contribution in [0.1, 0.15) is 17.8 Å². The fraction of sp³-hybridized carbons (Fsp3) is 0.467. The van der Waals surface area contributed by atoms with Crippen LogP contribution in [0.3, 0.4) is 0 Å². The Morgan fingerprint density at radius 2 is 2.17 bits per heavy atom. The summed E-state index contributed by atoms with van der Waals surface area (Å²) in [7, 11) is 0. The molecule has 2 heterocycles. The van der Waals surface area contributed by atoms with Crippen molar-refractivity contribution in [1.29, 1.82) is 0 Å². The molecule has 0 bridgehead atoms. The largest absolute Gasteiger partial charge is 0.405 e. The Balaban J connectivity index is 1.65. The zero-order valence-electron chi connectivity index (χ0n) is 12.3. The van der Waals surface area contributed by atoms with Gasteiger partial charge < -0.3 is 5.32 Å². The summed E-state index contributed by atoms with van der Waals surface area (Å²) in [5, 5.41) is 2.86. The van der Waals surface area contributed by atoms with Crippen LogP contribution in [0, 0.1) is 0 Å². The molecule has 1 saturated heterocycles. The number of carbonyl (C=O) groups excluding carboxylic acids is 1. The van der Waals surface area contributed by atoms with Gasteiger partial charge in [0.1, 0.15) is 11.6 Å². The number of nitrogens with one attached hydrogen (secondary N) is 1. The van der Waals surface area contributed by atoms with Crippen LogP contribution in [0.25, 0.3) is 10.2 Å². The average molecular weight is 343 g/mol. The Kier molecular flexibility index (Phi) is 4.54. The standard InChI is InChI=1S/C15H16F3N3OS/c16-15(17,18)9-19-14(22)11-5-3-7-21(11)8-13-20-10-4-1-2-6-12(10)23-13/h1-2,4,6,11H,3,5,7-9H2,(H,19,22)/t11-/m0/s1. The monoisotopic (exact) mass is 343 g/mol. The van der Waals surface area contributed by atoms with Gasteiger partial charge in [0.15, 0.2) is 0 Å². The molecule has 0 unspecified atom stereocenters. The van der Waals surface area contributed by atoms with Crippen molar-refractivity contribution in [2.24, 2.45) is 0 Å². The molecular weight excluding hydrogens is 327 g/mol. The molecule has 0 saturated carbocycles. The van der Waals surface area contributed by atoms with Gasteiger partial charge >= 0.3 is 6.18 Å². The van der Waals surface area contributed by atoms with Crippen LogP contribution in [0.15, 0.2) is 24.3 Å². The molecule has 1 atom stereocenters. The molecule has 3 rings (SSSR count). The van der Waals surface area contributed by atoms with Crippen molar-refractivity contribution in [1.82, 2.24) is 15.2 Å². The molecule has 1 N–H and O–H groups in total. The van der Waals surface area contributed by atoms with E-state index < -0.39 is 24.7 Å². The highest BCUT2D eigenvalue weighted by molar-refractivity contribution is 7.18. The van der Waals surface area contributed by atoms with Crippen LogP contribution < -0.4 is 5.32 Å². The third-order valence-electron chi connectivity index (χ3n) is 3.81. The Labute approximate surface area is 135 Å². The SMILES string of the molecule is O=C(NCC(F)(F)F)[C@@H]1CCCN1Cc1nc2ccccc2s1. The van der Waals surface area contributed by atoms with Crippen LogP contribution in [-0.4, -0.2) is 41.1 Å². The van der Waals surface area contributed by atoms with Gasteiger partial charge in [-0.25, -0.2) is 4.98 Å². The van der Waals surface area contributed by atoms with Crippen molar-refractivity contribution in [2.45, 2.75) is 31.6 Å². The van der Waals surface area contributed by atoms with E-state index in [0.717, 1.165) is 21.6 Å². The van der Waals surface area contributed by atoms with E-state index in [4.69, 9.17) is 0 Å². The van der Waals surface area contributed by atoms with E-state index in [1.54, 1.807) is 11.3 Å². The van der Waals surface area contributed by atoms with Crippen molar-refractivity contribution >= 4 is 27.5 Å². The number of benzene rings is 1. The second-order valence-corrected chi connectivity index (χ2v) is 6.65. The summed E-state index contributed by atoms with van der Waals surface area (Å²) < 4.78 is 37.8. The summed E-state index contributed by atoms with van der Waals surface area (Å²) in [6.45, 7) is -0.0964. The summed E-state index contributed by atoms with van der Waals surface area (Å²) in [4.78, 5) is 18.4. The molecule has 124 valence electrons.